The zero-order valence-corrected chi connectivity index (χ0v) is 11.7. The van der Waals surface area contributed by atoms with Crippen molar-refractivity contribution in [2.45, 2.75) is 20.3 Å². The van der Waals surface area contributed by atoms with Crippen molar-refractivity contribution in [2.75, 3.05) is 13.2 Å². The number of carbonyl (C=O) groups excluding carboxylic acids is 1. The van der Waals surface area contributed by atoms with Crippen LogP contribution >= 0.6 is 0 Å². The Hall–Kier alpha value is -2.30. The Morgan fingerprint density at radius 2 is 2.15 bits per heavy atom. The number of carbonyl (C=O) groups is 2. The molecule has 1 amide bonds. The van der Waals surface area contributed by atoms with Gasteiger partial charge in [0.2, 0.25) is 0 Å². The molecule has 20 heavy (non-hydrogen) atoms. The molecule has 0 radical (unpaired) electrons. The number of aryl methyl sites for hydroxylation is 1. The minimum absolute atomic E-state index is 0.0863. The average molecular weight is 277 g/mol. The van der Waals surface area contributed by atoms with E-state index >= 15 is 0 Å². The highest BCUT2D eigenvalue weighted by molar-refractivity contribution is 5.86. The summed E-state index contributed by atoms with van der Waals surface area (Å²) in [6.07, 6.45) is 3.36. The molecule has 1 aromatic rings. The molecular formula is C15H19NO4. The molecule has 0 aromatic heterocycles. The molecule has 0 saturated carbocycles. The third-order valence-electron chi connectivity index (χ3n) is 2.50. The number of benzene rings is 1. The van der Waals surface area contributed by atoms with Gasteiger partial charge in [-0.2, -0.15) is 0 Å². The number of hydrogen-bond acceptors (Lipinski definition) is 3. The Morgan fingerprint density at radius 3 is 2.80 bits per heavy atom. The van der Waals surface area contributed by atoms with Crippen LogP contribution in [0.1, 0.15) is 24.5 Å². The van der Waals surface area contributed by atoms with E-state index in [-0.39, 0.29) is 12.5 Å². The maximum absolute atomic E-state index is 11.5. The summed E-state index contributed by atoms with van der Waals surface area (Å²) in [5.41, 5.74) is 1.62. The van der Waals surface area contributed by atoms with Crippen LogP contribution in [0.25, 0.3) is 6.08 Å². The second-order valence-corrected chi connectivity index (χ2v) is 4.35. The fourth-order valence-corrected chi connectivity index (χ4v) is 1.55. The summed E-state index contributed by atoms with van der Waals surface area (Å²) in [6, 6.07) is 5.38. The molecule has 0 aliphatic rings. The summed E-state index contributed by atoms with van der Waals surface area (Å²) < 4.78 is 5.43. The van der Waals surface area contributed by atoms with Crippen molar-refractivity contribution in [3.05, 3.63) is 35.4 Å². The van der Waals surface area contributed by atoms with Gasteiger partial charge in [-0.1, -0.05) is 18.6 Å². The zero-order chi connectivity index (χ0) is 15.0. The third kappa shape index (κ3) is 5.56. The van der Waals surface area contributed by atoms with Gasteiger partial charge in [-0.3, -0.25) is 4.79 Å². The molecule has 0 unspecified atom stereocenters. The van der Waals surface area contributed by atoms with E-state index in [9.17, 15) is 9.59 Å². The van der Waals surface area contributed by atoms with Crippen molar-refractivity contribution in [1.29, 1.82) is 0 Å². The third-order valence-corrected chi connectivity index (χ3v) is 2.50. The first-order valence-electron chi connectivity index (χ1n) is 6.44. The largest absolute Gasteiger partial charge is 0.483 e. The predicted molar refractivity (Wildman–Crippen MR) is 76.6 cm³/mol. The lowest BCUT2D eigenvalue weighted by molar-refractivity contribution is -0.131. The van der Waals surface area contributed by atoms with Gasteiger partial charge >= 0.3 is 5.97 Å². The fourth-order valence-electron chi connectivity index (χ4n) is 1.55. The van der Waals surface area contributed by atoms with E-state index < -0.39 is 5.97 Å². The quantitative estimate of drug-likeness (QED) is 0.747. The van der Waals surface area contributed by atoms with Crippen LogP contribution in [0.5, 0.6) is 5.75 Å². The van der Waals surface area contributed by atoms with Gasteiger partial charge in [0.15, 0.2) is 6.61 Å². The van der Waals surface area contributed by atoms with E-state index in [1.54, 1.807) is 12.1 Å². The van der Waals surface area contributed by atoms with Crippen LogP contribution in [0.4, 0.5) is 0 Å². The first kappa shape index (κ1) is 15.8. The highest BCUT2D eigenvalue weighted by atomic mass is 16.5. The summed E-state index contributed by atoms with van der Waals surface area (Å²) in [7, 11) is 0. The van der Waals surface area contributed by atoms with Gasteiger partial charge in [0.1, 0.15) is 5.75 Å². The Morgan fingerprint density at radius 1 is 1.40 bits per heavy atom. The summed E-state index contributed by atoms with van der Waals surface area (Å²) in [5, 5.41) is 11.4. The van der Waals surface area contributed by atoms with Crippen LogP contribution in [0.2, 0.25) is 0 Å². The number of aliphatic carboxylic acids is 1. The number of nitrogens with one attached hydrogen (secondary N) is 1. The van der Waals surface area contributed by atoms with Gasteiger partial charge in [0, 0.05) is 18.2 Å². The molecule has 1 rings (SSSR count). The normalized spacial score (nSPS) is 10.5. The predicted octanol–water partition coefficient (Wildman–Crippen LogP) is 2.00. The van der Waals surface area contributed by atoms with Gasteiger partial charge < -0.3 is 15.2 Å². The minimum Gasteiger partial charge on any atom is -0.483 e. The fraction of sp³-hybridized carbons (Fsp3) is 0.333. The molecule has 5 heteroatoms. The molecule has 5 nitrogen and oxygen atoms in total. The number of amides is 1. The monoisotopic (exact) mass is 277 g/mol. The molecule has 0 saturated heterocycles. The summed E-state index contributed by atoms with van der Waals surface area (Å²) in [6.45, 7) is 4.39. The molecular weight excluding hydrogens is 258 g/mol. The second kappa shape index (κ2) is 7.99. The standard InChI is InChI=1S/C15H19NO4/c1-3-8-16-14(17)10-20-13-6-4-11(2)9-12(13)5-7-15(18)19/h4-7,9H,3,8,10H2,1-2H3,(H,16,17)(H,18,19). The van der Waals surface area contributed by atoms with Crippen LogP contribution in [0, 0.1) is 6.92 Å². The van der Waals surface area contributed by atoms with Crippen molar-refractivity contribution < 1.29 is 19.4 Å². The van der Waals surface area contributed by atoms with E-state index in [0.717, 1.165) is 18.1 Å². The maximum atomic E-state index is 11.5. The molecule has 0 spiro atoms. The highest BCUT2D eigenvalue weighted by Gasteiger charge is 2.05. The zero-order valence-electron chi connectivity index (χ0n) is 11.7. The number of rotatable bonds is 7. The second-order valence-electron chi connectivity index (χ2n) is 4.35. The average Bonchev–Trinajstić information content (AvgIpc) is 2.41. The Labute approximate surface area is 118 Å². The van der Waals surface area contributed by atoms with Crippen molar-refractivity contribution in [2.24, 2.45) is 0 Å². The topological polar surface area (TPSA) is 75.6 Å². The molecule has 0 fully saturated rings. The van der Waals surface area contributed by atoms with Crippen molar-refractivity contribution >= 4 is 18.0 Å². The maximum Gasteiger partial charge on any atom is 0.328 e. The smallest absolute Gasteiger partial charge is 0.328 e. The number of carboxylic acids is 1. The van der Waals surface area contributed by atoms with E-state index in [1.165, 1.54) is 6.08 Å². The lowest BCUT2D eigenvalue weighted by atomic mass is 10.1. The molecule has 108 valence electrons. The Kier molecular flexibility index (Phi) is 6.29. The van der Waals surface area contributed by atoms with E-state index in [0.29, 0.717) is 17.9 Å². The number of carboxylic acid groups (broad SMARTS) is 1. The van der Waals surface area contributed by atoms with Crippen LogP contribution in [0.3, 0.4) is 0 Å². The van der Waals surface area contributed by atoms with Gasteiger partial charge in [-0.25, -0.2) is 4.79 Å². The van der Waals surface area contributed by atoms with E-state index in [2.05, 4.69) is 5.32 Å². The molecule has 2 N–H and O–H groups in total. The minimum atomic E-state index is -1.03. The highest BCUT2D eigenvalue weighted by Crippen LogP contribution is 2.21. The molecule has 1 aromatic carbocycles. The summed E-state index contributed by atoms with van der Waals surface area (Å²) in [4.78, 5) is 22.0. The van der Waals surface area contributed by atoms with Gasteiger partial charge in [-0.15, -0.1) is 0 Å². The summed E-state index contributed by atoms with van der Waals surface area (Å²) in [5.74, 6) is -0.738. The molecule has 0 aliphatic carbocycles. The number of hydrogen-bond donors (Lipinski definition) is 2. The SMILES string of the molecule is CCCNC(=O)COc1ccc(C)cc1C=CC(=O)O. The van der Waals surface area contributed by atoms with Crippen LogP contribution in [-0.4, -0.2) is 30.1 Å². The lowest BCUT2D eigenvalue weighted by Crippen LogP contribution is -2.29. The van der Waals surface area contributed by atoms with Crippen molar-refractivity contribution in [3.63, 3.8) is 0 Å². The molecule has 0 bridgehead atoms. The molecule has 0 aliphatic heterocycles. The van der Waals surface area contributed by atoms with Crippen LogP contribution in [0.15, 0.2) is 24.3 Å². The van der Waals surface area contributed by atoms with Crippen LogP contribution < -0.4 is 10.1 Å². The Balaban J connectivity index is 2.73. The lowest BCUT2D eigenvalue weighted by Gasteiger charge is -2.10. The first-order valence-corrected chi connectivity index (χ1v) is 6.44. The van der Waals surface area contributed by atoms with Crippen molar-refractivity contribution in [3.8, 4) is 5.75 Å². The summed E-state index contributed by atoms with van der Waals surface area (Å²) >= 11 is 0. The van der Waals surface area contributed by atoms with Gasteiger partial charge in [-0.05, 0) is 31.6 Å². The molecule has 0 atom stereocenters. The van der Waals surface area contributed by atoms with Crippen molar-refractivity contribution in [1.82, 2.24) is 5.32 Å². The van der Waals surface area contributed by atoms with Crippen LogP contribution in [-0.2, 0) is 9.59 Å². The van der Waals surface area contributed by atoms with Gasteiger partial charge in [0.05, 0.1) is 0 Å². The Bertz CT molecular complexity index is 509. The van der Waals surface area contributed by atoms with Gasteiger partial charge in [0.25, 0.3) is 5.91 Å². The first-order chi connectivity index (χ1) is 9.52. The number of ether oxygens (including phenoxy) is 1. The molecule has 0 heterocycles. The van der Waals surface area contributed by atoms with E-state index in [4.69, 9.17) is 9.84 Å². The van der Waals surface area contributed by atoms with E-state index in [1.807, 2.05) is 19.9 Å².